The molecule has 2 rings (SSSR count). The van der Waals surface area contributed by atoms with Crippen molar-refractivity contribution in [2.24, 2.45) is 11.8 Å². The molecule has 1 heterocycles. The van der Waals surface area contributed by atoms with E-state index in [0.717, 1.165) is 25.9 Å². The van der Waals surface area contributed by atoms with Gasteiger partial charge in [0.2, 0.25) is 5.91 Å². The minimum Gasteiger partial charge on any atom is -0.341 e. The number of carbonyl (C=O) groups is 2. The highest BCUT2D eigenvalue weighted by Gasteiger charge is 2.29. The van der Waals surface area contributed by atoms with E-state index in [-0.39, 0.29) is 22.8 Å². The molecule has 2 unspecified atom stereocenters. The van der Waals surface area contributed by atoms with Crippen LogP contribution in [0.25, 0.3) is 0 Å². The lowest BCUT2D eigenvalue weighted by Gasteiger charge is -2.34. The first-order valence-electron chi connectivity index (χ1n) is 8.82. The van der Waals surface area contributed by atoms with Crippen molar-refractivity contribution in [1.82, 2.24) is 10.2 Å². The molecule has 1 saturated heterocycles. The molecule has 25 heavy (non-hydrogen) atoms. The molecule has 1 fully saturated rings. The highest BCUT2D eigenvalue weighted by atomic mass is 35.5. The second-order valence-electron chi connectivity index (χ2n) is 7.31. The number of hydrogen-bond donors (Lipinski definition) is 1. The van der Waals surface area contributed by atoms with Crippen molar-refractivity contribution >= 4 is 35.0 Å². The van der Waals surface area contributed by atoms with Crippen molar-refractivity contribution in [3.05, 3.63) is 33.8 Å². The molecule has 1 aromatic carbocycles. The van der Waals surface area contributed by atoms with E-state index in [1.54, 1.807) is 12.1 Å². The van der Waals surface area contributed by atoms with Crippen LogP contribution < -0.4 is 5.32 Å². The normalized spacial score (nSPS) is 19.0. The second kappa shape index (κ2) is 8.91. The van der Waals surface area contributed by atoms with E-state index in [9.17, 15) is 9.59 Å². The summed E-state index contributed by atoms with van der Waals surface area (Å²) in [5, 5.41) is 3.63. The molecule has 138 valence electrons. The van der Waals surface area contributed by atoms with E-state index < -0.39 is 6.04 Å². The number of benzene rings is 1. The zero-order valence-corrected chi connectivity index (χ0v) is 16.5. The summed E-state index contributed by atoms with van der Waals surface area (Å²) < 4.78 is 0. The minimum absolute atomic E-state index is 0.00122. The van der Waals surface area contributed by atoms with Crippen LogP contribution in [0, 0.1) is 11.8 Å². The predicted octanol–water partition coefficient (Wildman–Crippen LogP) is 4.40. The maximum Gasteiger partial charge on any atom is 0.253 e. The topological polar surface area (TPSA) is 49.4 Å². The van der Waals surface area contributed by atoms with Gasteiger partial charge < -0.3 is 10.2 Å². The van der Waals surface area contributed by atoms with Gasteiger partial charge in [-0.2, -0.15) is 0 Å². The van der Waals surface area contributed by atoms with Crippen LogP contribution in [0.1, 0.15) is 50.4 Å². The van der Waals surface area contributed by atoms with Crippen LogP contribution in [0.15, 0.2) is 18.2 Å². The second-order valence-corrected chi connectivity index (χ2v) is 8.16. The van der Waals surface area contributed by atoms with Gasteiger partial charge in [0.1, 0.15) is 6.04 Å². The fourth-order valence-electron chi connectivity index (χ4n) is 3.21. The molecule has 1 aliphatic heterocycles. The van der Waals surface area contributed by atoms with Crippen molar-refractivity contribution in [2.75, 3.05) is 13.1 Å². The SMILES string of the molecule is CC(C)CC(NC(=O)c1ccc(Cl)cc1Cl)C(=O)N1CCCC(C)C1. The number of carbonyl (C=O) groups excluding carboxylic acids is 2. The summed E-state index contributed by atoms with van der Waals surface area (Å²) in [5.41, 5.74) is 0.333. The Morgan fingerprint density at radius 1 is 1.32 bits per heavy atom. The number of amides is 2. The Hall–Kier alpha value is -1.26. The summed E-state index contributed by atoms with van der Waals surface area (Å²) in [5.74, 6) is 0.445. The van der Waals surface area contributed by atoms with Crippen molar-refractivity contribution in [1.29, 1.82) is 0 Å². The Balaban J connectivity index is 2.13. The first-order valence-corrected chi connectivity index (χ1v) is 9.58. The van der Waals surface area contributed by atoms with Gasteiger partial charge in [0, 0.05) is 18.1 Å². The lowest BCUT2D eigenvalue weighted by molar-refractivity contribution is -0.135. The largest absolute Gasteiger partial charge is 0.341 e. The number of piperidine rings is 1. The zero-order valence-electron chi connectivity index (χ0n) is 15.0. The van der Waals surface area contributed by atoms with Crippen LogP contribution in [0.2, 0.25) is 10.0 Å². The first-order chi connectivity index (χ1) is 11.8. The number of nitrogens with zero attached hydrogens (tertiary/aromatic N) is 1. The van der Waals surface area contributed by atoms with Gasteiger partial charge in [-0.15, -0.1) is 0 Å². The Morgan fingerprint density at radius 2 is 2.04 bits per heavy atom. The summed E-state index contributed by atoms with van der Waals surface area (Å²) in [7, 11) is 0. The van der Waals surface area contributed by atoms with Crippen LogP contribution in [-0.2, 0) is 4.79 Å². The molecule has 0 bridgehead atoms. The third kappa shape index (κ3) is 5.61. The Kier molecular flexibility index (Phi) is 7.14. The lowest BCUT2D eigenvalue weighted by Crippen LogP contribution is -2.51. The number of rotatable bonds is 5. The Bertz CT molecular complexity index is 634. The zero-order chi connectivity index (χ0) is 18.6. The molecule has 0 aromatic heterocycles. The van der Waals surface area contributed by atoms with Crippen LogP contribution in [0.5, 0.6) is 0 Å². The Labute approximate surface area is 159 Å². The molecule has 1 N–H and O–H groups in total. The summed E-state index contributed by atoms with van der Waals surface area (Å²) in [6, 6.07) is 4.20. The van der Waals surface area contributed by atoms with E-state index in [1.165, 1.54) is 6.07 Å². The molecule has 0 saturated carbocycles. The van der Waals surface area contributed by atoms with Crippen LogP contribution in [0.4, 0.5) is 0 Å². The van der Waals surface area contributed by atoms with Crippen molar-refractivity contribution < 1.29 is 9.59 Å². The van der Waals surface area contributed by atoms with Crippen molar-refractivity contribution in [2.45, 2.75) is 46.1 Å². The van der Waals surface area contributed by atoms with Gasteiger partial charge >= 0.3 is 0 Å². The monoisotopic (exact) mass is 384 g/mol. The molecule has 0 aliphatic carbocycles. The fraction of sp³-hybridized carbons (Fsp3) is 0.579. The van der Waals surface area contributed by atoms with E-state index in [1.807, 2.05) is 18.7 Å². The van der Waals surface area contributed by atoms with Crippen LogP contribution >= 0.6 is 23.2 Å². The molecule has 2 atom stereocenters. The lowest BCUT2D eigenvalue weighted by atomic mass is 9.97. The molecule has 1 aromatic rings. The smallest absolute Gasteiger partial charge is 0.253 e. The van der Waals surface area contributed by atoms with E-state index in [0.29, 0.717) is 22.9 Å². The van der Waals surface area contributed by atoms with Gasteiger partial charge in [-0.1, -0.05) is 44.0 Å². The molecule has 1 aliphatic rings. The molecule has 6 heteroatoms. The third-order valence-electron chi connectivity index (χ3n) is 4.45. The quantitative estimate of drug-likeness (QED) is 0.817. The summed E-state index contributed by atoms with van der Waals surface area (Å²) in [6.07, 6.45) is 2.75. The number of halogens is 2. The molecular formula is C19H26Cl2N2O2. The van der Waals surface area contributed by atoms with E-state index in [4.69, 9.17) is 23.2 Å². The van der Waals surface area contributed by atoms with E-state index >= 15 is 0 Å². The third-order valence-corrected chi connectivity index (χ3v) is 5.00. The summed E-state index contributed by atoms with van der Waals surface area (Å²) in [4.78, 5) is 27.4. The highest BCUT2D eigenvalue weighted by Crippen LogP contribution is 2.22. The molecule has 0 radical (unpaired) electrons. The van der Waals surface area contributed by atoms with Gasteiger partial charge in [0.05, 0.1) is 10.6 Å². The van der Waals surface area contributed by atoms with Gasteiger partial charge in [-0.05, 0) is 49.3 Å². The number of nitrogens with one attached hydrogen (secondary N) is 1. The minimum atomic E-state index is -0.537. The van der Waals surface area contributed by atoms with E-state index in [2.05, 4.69) is 12.2 Å². The van der Waals surface area contributed by atoms with Crippen LogP contribution in [-0.4, -0.2) is 35.8 Å². The number of hydrogen-bond acceptors (Lipinski definition) is 2. The predicted molar refractivity (Wildman–Crippen MR) is 102 cm³/mol. The van der Waals surface area contributed by atoms with Crippen molar-refractivity contribution in [3.63, 3.8) is 0 Å². The average molecular weight is 385 g/mol. The van der Waals surface area contributed by atoms with Gasteiger partial charge in [-0.25, -0.2) is 0 Å². The van der Waals surface area contributed by atoms with Gasteiger partial charge in [-0.3, -0.25) is 9.59 Å². The first kappa shape index (κ1) is 20.1. The fourth-order valence-corrected chi connectivity index (χ4v) is 3.71. The highest BCUT2D eigenvalue weighted by molar-refractivity contribution is 6.36. The van der Waals surface area contributed by atoms with Gasteiger partial charge in [0.15, 0.2) is 0 Å². The molecule has 0 spiro atoms. The average Bonchev–Trinajstić information content (AvgIpc) is 2.53. The Morgan fingerprint density at radius 3 is 2.64 bits per heavy atom. The summed E-state index contributed by atoms with van der Waals surface area (Å²) >= 11 is 12.0. The van der Waals surface area contributed by atoms with Gasteiger partial charge in [0.25, 0.3) is 5.91 Å². The standard InChI is InChI=1S/C19H26Cl2N2O2/c1-12(2)9-17(19(25)23-8-4-5-13(3)11-23)22-18(24)15-7-6-14(20)10-16(15)21/h6-7,10,12-13,17H,4-5,8-9,11H2,1-3H3,(H,22,24). The summed E-state index contributed by atoms with van der Waals surface area (Å²) in [6.45, 7) is 7.75. The van der Waals surface area contributed by atoms with Crippen molar-refractivity contribution in [3.8, 4) is 0 Å². The van der Waals surface area contributed by atoms with Crippen LogP contribution in [0.3, 0.4) is 0 Å². The maximum atomic E-state index is 12.9. The molecule has 2 amide bonds. The molecule has 4 nitrogen and oxygen atoms in total. The number of likely N-dealkylation sites (tertiary alicyclic amines) is 1. The maximum absolute atomic E-state index is 12.9. The molecular weight excluding hydrogens is 359 g/mol.